The van der Waals surface area contributed by atoms with E-state index >= 15 is 0 Å². The highest BCUT2D eigenvalue weighted by Crippen LogP contribution is 2.22. The third-order valence-corrected chi connectivity index (χ3v) is 3.17. The van der Waals surface area contributed by atoms with Gasteiger partial charge in [-0.3, -0.25) is 4.84 Å². The Labute approximate surface area is 139 Å². The van der Waals surface area contributed by atoms with Crippen molar-refractivity contribution >= 4 is 17.7 Å². The summed E-state index contributed by atoms with van der Waals surface area (Å²) < 4.78 is 5.02. The topological polar surface area (TPSA) is 106 Å². The molecule has 24 heavy (non-hydrogen) atoms. The van der Waals surface area contributed by atoms with E-state index in [1.807, 2.05) is 30.3 Å². The molecule has 1 aromatic heterocycles. The van der Waals surface area contributed by atoms with Crippen LogP contribution in [0.5, 0.6) is 0 Å². The van der Waals surface area contributed by atoms with Gasteiger partial charge in [-0.1, -0.05) is 30.3 Å². The molecule has 0 saturated heterocycles. The van der Waals surface area contributed by atoms with Crippen LogP contribution < -0.4 is 10.8 Å². The van der Waals surface area contributed by atoms with Crippen LogP contribution in [0.1, 0.15) is 28.9 Å². The van der Waals surface area contributed by atoms with Gasteiger partial charge in [-0.15, -0.1) is 0 Å². The van der Waals surface area contributed by atoms with Crippen molar-refractivity contribution in [2.24, 2.45) is 0 Å². The molecule has 0 unspecified atom stereocenters. The molecule has 0 amide bonds. The number of carbonyl (C=O) groups is 1. The van der Waals surface area contributed by atoms with Gasteiger partial charge in [-0.2, -0.15) is 4.98 Å². The lowest BCUT2D eigenvalue weighted by atomic mass is 10.1. The van der Waals surface area contributed by atoms with Crippen molar-refractivity contribution in [2.45, 2.75) is 13.0 Å². The molecule has 0 aliphatic carbocycles. The standard InChI is InChI=1S/C16H20N4O4/c1-3-24-15(22)12-9-17-16(20-23-2)19-14(12)18-13(10-21)11-7-5-4-6-8-11/h4-9,13,21H,3,10H2,1-2H3,(H2,17,18,19,20)/t13-/m1/s1. The van der Waals surface area contributed by atoms with Crippen LogP contribution >= 0.6 is 0 Å². The lowest BCUT2D eigenvalue weighted by Crippen LogP contribution is -2.19. The highest BCUT2D eigenvalue weighted by atomic mass is 16.6. The van der Waals surface area contributed by atoms with Crippen LogP contribution in [0, 0.1) is 0 Å². The summed E-state index contributed by atoms with van der Waals surface area (Å²) in [5.74, 6) is -0.127. The molecule has 0 spiro atoms. The quantitative estimate of drug-likeness (QED) is 0.496. The molecule has 0 bridgehead atoms. The number of hydrogen-bond acceptors (Lipinski definition) is 8. The van der Waals surface area contributed by atoms with Crippen molar-refractivity contribution in [3.8, 4) is 0 Å². The molecule has 0 aliphatic heterocycles. The molecule has 1 atom stereocenters. The van der Waals surface area contributed by atoms with Crippen molar-refractivity contribution in [1.29, 1.82) is 0 Å². The van der Waals surface area contributed by atoms with Gasteiger partial charge in [-0.05, 0) is 12.5 Å². The molecule has 2 aromatic rings. The van der Waals surface area contributed by atoms with Crippen LogP contribution in [-0.2, 0) is 9.57 Å². The molecule has 3 N–H and O–H groups in total. The van der Waals surface area contributed by atoms with Gasteiger partial charge < -0.3 is 15.2 Å². The minimum absolute atomic E-state index is 0.174. The number of nitrogens with one attached hydrogen (secondary N) is 2. The minimum Gasteiger partial charge on any atom is -0.462 e. The molecule has 128 valence electrons. The molecule has 0 saturated carbocycles. The lowest BCUT2D eigenvalue weighted by Gasteiger charge is -2.19. The zero-order chi connectivity index (χ0) is 17.4. The summed E-state index contributed by atoms with van der Waals surface area (Å²) in [6.07, 6.45) is 1.34. The Hall–Kier alpha value is -2.71. The van der Waals surface area contributed by atoms with Gasteiger partial charge in [0.05, 0.1) is 26.4 Å². The van der Waals surface area contributed by atoms with E-state index in [-0.39, 0.29) is 30.5 Å². The van der Waals surface area contributed by atoms with E-state index in [1.165, 1.54) is 13.3 Å². The molecule has 0 aliphatic rings. The van der Waals surface area contributed by atoms with Gasteiger partial charge in [-0.25, -0.2) is 15.3 Å². The number of aromatic nitrogens is 2. The predicted octanol–water partition coefficient (Wildman–Crippen LogP) is 1.77. The fraction of sp³-hybridized carbons (Fsp3) is 0.312. The summed E-state index contributed by atoms with van der Waals surface area (Å²) >= 11 is 0. The molecular weight excluding hydrogens is 312 g/mol. The maximum Gasteiger partial charge on any atom is 0.343 e. The van der Waals surface area contributed by atoms with Crippen molar-refractivity contribution < 1.29 is 19.5 Å². The summed E-state index contributed by atoms with van der Waals surface area (Å²) in [5, 5.41) is 12.7. The molecule has 2 rings (SSSR count). The number of nitrogens with zero attached hydrogens (tertiary/aromatic N) is 2. The molecule has 0 radical (unpaired) electrons. The first-order valence-corrected chi connectivity index (χ1v) is 7.45. The number of ether oxygens (including phenoxy) is 1. The zero-order valence-electron chi connectivity index (χ0n) is 13.5. The highest BCUT2D eigenvalue weighted by Gasteiger charge is 2.19. The predicted molar refractivity (Wildman–Crippen MR) is 88.5 cm³/mol. The second-order valence-corrected chi connectivity index (χ2v) is 4.77. The number of esters is 1. The van der Waals surface area contributed by atoms with E-state index in [0.717, 1.165) is 5.56 Å². The number of aliphatic hydroxyl groups is 1. The van der Waals surface area contributed by atoms with E-state index in [0.29, 0.717) is 0 Å². The van der Waals surface area contributed by atoms with Crippen molar-refractivity contribution in [1.82, 2.24) is 9.97 Å². The summed E-state index contributed by atoms with van der Waals surface area (Å²) in [6.45, 7) is 1.77. The summed E-state index contributed by atoms with van der Waals surface area (Å²) in [5.41, 5.74) is 3.53. The number of rotatable bonds is 8. The van der Waals surface area contributed by atoms with Gasteiger partial charge in [0, 0.05) is 6.20 Å². The van der Waals surface area contributed by atoms with Crippen LogP contribution in [0.3, 0.4) is 0 Å². The number of aliphatic hydroxyl groups excluding tert-OH is 1. The molecule has 8 heteroatoms. The first-order valence-electron chi connectivity index (χ1n) is 7.45. The second-order valence-electron chi connectivity index (χ2n) is 4.77. The average molecular weight is 332 g/mol. The number of benzene rings is 1. The van der Waals surface area contributed by atoms with E-state index in [2.05, 4.69) is 20.8 Å². The van der Waals surface area contributed by atoms with Crippen LogP contribution in [0.15, 0.2) is 36.5 Å². The normalized spacial score (nSPS) is 11.6. The molecular formula is C16H20N4O4. The van der Waals surface area contributed by atoms with Crippen molar-refractivity contribution in [3.05, 3.63) is 47.7 Å². The lowest BCUT2D eigenvalue weighted by molar-refractivity contribution is 0.0526. The van der Waals surface area contributed by atoms with Gasteiger partial charge in [0.2, 0.25) is 5.95 Å². The second kappa shape index (κ2) is 8.80. The number of carbonyl (C=O) groups excluding carboxylic acids is 1. The van der Waals surface area contributed by atoms with Gasteiger partial charge in [0.25, 0.3) is 0 Å². The van der Waals surface area contributed by atoms with E-state index in [1.54, 1.807) is 6.92 Å². The molecule has 1 heterocycles. The Balaban J connectivity index is 2.34. The summed E-state index contributed by atoms with van der Waals surface area (Å²) in [7, 11) is 1.43. The Bertz CT molecular complexity index is 666. The van der Waals surface area contributed by atoms with E-state index in [9.17, 15) is 9.90 Å². The largest absolute Gasteiger partial charge is 0.462 e. The molecule has 1 aromatic carbocycles. The minimum atomic E-state index is -0.547. The van der Waals surface area contributed by atoms with Crippen LogP contribution in [-0.4, -0.2) is 41.4 Å². The number of hydrogen-bond donors (Lipinski definition) is 3. The Morgan fingerprint density at radius 3 is 2.71 bits per heavy atom. The van der Waals surface area contributed by atoms with Crippen LogP contribution in [0.4, 0.5) is 11.8 Å². The van der Waals surface area contributed by atoms with Gasteiger partial charge in [0.15, 0.2) is 0 Å². The third kappa shape index (κ3) is 4.40. The fourth-order valence-corrected chi connectivity index (χ4v) is 2.08. The smallest absolute Gasteiger partial charge is 0.343 e. The zero-order valence-corrected chi connectivity index (χ0v) is 13.5. The summed E-state index contributed by atoms with van der Waals surface area (Å²) in [4.78, 5) is 25.1. The van der Waals surface area contributed by atoms with Gasteiger partial charge in [0.1, 0.15) is 11.4 Å². The molecule has 8 nitrogen and oxygen atoms in total. The monoisotopic (exact) mass is 332 g/mol. The molecule has 0 fully saturated rings. The first kappa shape index (κ1) is 17.6. The summed E-state index contributed by atoms with van der Waals surface area (Å²) in [6, 6.07) is 8.91. The van der Waals surface area contributed by atoms with Crippen LogP contribution in [0.25, 0.3) is 0 Å². The van der Waals surface area contributed by atoms with Crippen LogP contribution in [0.2, 0.25) is 0 Å². The Morgan fingerprint density at radius 1 is 1.33 bits per heavy atom. The fourth-order valence-electron chi connectivity index (χ4n) is 2.08. The Kier molecular flexibility index (Phi) is 6.47. The SMILES string of the molecule is CCOC(=O)c1cnc(NOC)nc1N[C@H](CO)c1ccccc1. The van der Waals surface area contributed by atoms with E-state index < -0.39 is 12.0 Å². The Morgan fingerprint density at radius 2 is 2.08 bits per heavy atom. The maximum absolute atomic E-state index is 12.1. The van der Waals surface area contributed by atoms with E-state index in [4.69, 9.17) is 9.57 Å². The highest BCUT2D eigenvalue weighted by molar-refractivity contribution is 5.94. The third-order valence-electron chi connectivity index (χ3n) is 3.17. The maximum atomic E-state index is 12.1. The number of anilines is 2. The average Bonchev–Trinajstić information content (AvgIpc) is 2.61. The van der Waals surface area contributed by atoms with Gasteiger partial charge >= 0.3 is 5.97 Å². The van der Waals surface area contributed by atoms with Crippen molar-refractivity contribution in [2.75, 3.05) is 31.1 Å². The first-order chi connectivity index (χ1) is 11.7. The van der Waals surface area contributed by atoms with Crippen molar-refractivity contribution in [3.63, 3.8) is 0 Å².